The fourth-order valence-electron chi connectivity index (χ4n) is 2.39. The van der Waals surface area contributed by atoms with E-state index in [1.807, 2.05) is 6.07 Å². The number of hydrogen-bond donors (Lipinski definition) is 0. The van der Waals surface area contributed by atoms with E-state index >= 15 is 0 Å². The summed E-state index contributed by atoms with van der Waals surface area (Å²) in [6.07, 6.45) is 3.75. The van der Waals surface area contributed by atoms with Crippen LogP contribution in [0.4, 0.5) is 4.39 Å². The third kappa shape index (κ3) is 2.65. The third-order valence-corrected chi connectivity index (χ3v) is 5.26. The minimum atomic E-state index is -0.300. The summed E-state index contributed by atoms with van der Waals surface area (Å²) in [5.41, 5.74) is 2.18. The van der Waals surface area contributed by atoms with Crippen molar-refractivity contribution in [3.63, 3.8) is 0 Å². The molecule has 1 aromatic carbocycles. The molecule has 0 bridgehead atoms. The average molecular weight is 339 g/mol. The topological polar surface area (TPSA) is 17.1 Å². The Labute approximate surface area is 123 Å². The summed E-state index contributed by atoms with van der Waals surface area (Å²) >= 11 is 4.77. The first-order valence-electron chi connectivity index (χ1n) is 6.22. The van der Waals surface area contributed by atoms with Crippen molar-refractivity contribution >= 4 is 33.0 Å². The van der Waals surface area contributed by atoms with Crippen LogP contribution >= 0.6 is 27.3 Å². The number of aryl methyl sites for hydroxylation is 2. The number of thiophene rings is 1. The monoisotopic (exact) mass is 338 g/mol. The minimum absolute atomic E-state index is 0.123. The predicted octanol–water partition coefficient (Wildman–Crippen LogP) is 4.56. The molecular formula is C15H12BrFOS. The molecule has 0 saturated carbocycles. The van der Waals surface area contributed by atoms with Crippen LogP contribution in [0, 0.1) is 5.82 Å². The van der Waals surface area contributed by atoms with E-state index in [-0.39, 0.29) is 11.6 Å². The van der Waals surface area contributed by atoms with Gasteiger partial charge in [0.2, 0.25) is 0 Å². The van der Waals surface area contributed by atoms with Gasteiger partial charge < -0.3 is 0 Å². The highest BCUT2D eigenvalue weighted by Gasteiger charge is 2.18. The van der Waals surface area contributed by atoms with Crippen molar-refractivity contribution in [3.8, 4) is 0 Å². The smallest absolute Gasteiger partial charge is 0.177 e. The van der Waals surface area contributed by atoms with E-state index in [2.05, 4.69) is 15.9 Å². The molecule has 0 unspecified atom stereocenters. The molecule has 3 rings (SSSR count). The van der Waals surface area contributed by atoms with Crippen molar-refractivity contribution in [2.75, 3.05) is 0 Å². The lowest BCUT2D eigenvalue weighted by Gasteiger charge is -2.01. The molecule has 0 amide bonds. The zero-order valence-corrected chi connectivity index (χ0v) is 12.6. The van der Waals surface area contributed by atoms with Gasteiger partial charge in [-0.15, -0.1) is 11.3 Å². The van der Waals surface area contributed by atoms with E-state index in [9.17, 15) is 9.18 Å². The van der Waals surface area contributed by atoms with Crippen LogP contribution in [0.1, 0.15) is 32.1 Å². The molecule has 1 heterocycles. The van der Waals surface area contributed by atoms with Gasteiger partial charge in [-0.25, -0.2) is 4.39 Å². The van der Waals surface area contributed by atoms with Crippen LogP contribution in [0.3, 0.4) is 0 Å². The lowest BCUT2D eigenvalue weighted by Crippen LogP contribution is -2.01. The van der Waals surface area contributed by atoms with Crippen molar-refractivity contribution in [1.29, 1.82) is 0 Å². The Morgan fingerprint density at radius 1 is 1.32 bits per heavy atom. The molecular weight excluding hydrogens is 327 g/mol. The number of ketones is 1. The number of carbonyl (C=O) groups is 1. The number of fused-ring (bicyclic) bond motifs is 1. The van der Waals surface area contributed by atoms with Gasteiger partial charge in [-0.3, -0.25) is 4.79 Å². The van der Waals surface area contributed by atoms with Gasteiger partial charge in [-0.1, -0.05) is 6.07 Å². The van der Waals surface area contributed by atoms with Gasteiger partial charge in [0.1, 0.15) is 5.82 Å². The Morgan fingerprint density at radius 2 is 2.16 bits per heavy atom. The second-order valence-corrected chi connectivity index (χ2v) is 6.75. The molecule has 0 saturated heterocycles. The van der Waals surface area contributed by atoms with Crippen LogP contribution in [0.25, 0.3) is 0 Å². The van der Waals surface area contributed by atoms with Gasteiger partial charge in [0, 0.05) is 11.3 Å². The van der Waals surface area contributed by atoms with Crippen molar-refractivity contribution < 1.29 is 9.18 Å². The lowest BCUT2D eigenvalue weighted by molar-refractivity contribution is 0.0996. The van der Waals surface area contributed by atoms with E-state index in [0.29, 0.717) is 10.9 Å². The van der Waals surface area contributed by atoms with Gasteiger partial charge in [0.15, 0.2) is 5.78 Å². The number of benzene rings is 1. The van der Waals surface area contributed by atoms with Gasteiger partial charge >= 0.3 is 0 Å². The molecule has 1 aliphatic carbocycles. The number of hydrogen-bond acceptors (Lipinski definition) is 2. The predicted molar refractivity (Wildman–Crippen MR) is 78.5 cm³/mol. The second-order valence-electron chi connectivity index (χ2n) is 4.76. The molecule has 19 heavy (non-hydrogen) atoms. The molecule has 0 atom stereocenters. The molecule has 1 aliphatic rings. The minimum Gasteiger partial charge on any atom is -0.293 e. The third-order valence-electron chi connectivity index (χ3n) is 3.37. The van der Waals surface area contributed by atoms with Crippen molar-refractivity contribution in [2.45, 2.75) is 25.7 Å². The Bertz CT molecular complexity index is 626. The number of Topliss-reactive ketones (excluding diaryl/α,β-unsaturated/α-hetero) is 1. The molecule has 1 aromatic heterocycles. The first-order chi connectivity index (χ1) is 9.13. The summed E-state index contributed by atoms with van der Waals surface area (Å²) in [4.78, 5) is 14.4. The first-order valence-corrected chi connectivity index (χ1v) is 7.83. The zero-order chi connectivity index (χ0) is 13.4. The molecule has 98 valence electrons. The Balaban J connectivity index is 1.78. The standard InChI is InChI=1S/C15H12BrFOS/c16-11-6-9(4-5-12(11)17)7-13(18)15-8-10-2-1-3-14(10)19-15/h4-6,8H,1-3,7H2. The van der Waals surface area contributed by atoms with E-state index < -0.39 is 0 Å². The molecule has 4 heteroatoms. The van der Waals surface area contributed by atoms with Gasteiger partial charge in [0.25, 0.3) is 0 Å². The van der Waals surface area contributed by atoms with E-state index in [4.69, 9.17) is 0 Å². The van der Waals surface area contributed by atoms with Crippen LogP contribution in [-0.4, -0.2) is 5.78 Å². The summed E-state index contributed by atoms with van der Waals surface area (Å²) < 4.78 is 13.5. The van der Waals surface area contributed by atoms with E-state index in [1.54, 1.807) is 23.5 Å². The fraction of sp³-hybridized carbons (Fsp3) is 0.267. The van der Waals surface area contributed by atoms with Crippen molar-refractivity contribution in [3.05, 3.63) is 55.4 Å². The first kappa shape index (κ1) is 13.0. The van der Waals surface area contributed by atoms with Crippen molar-refractivity contribution in [1.82, 2.24) is 0 Å². The Kier molecular flexibility index (Phi) is 3.54. The van der Waals surface area contributed by atoms with Gasteiger partial charge in [-0.05, 0) is 64.5 Å². The summed E-state index contributed by atoms with van der Waals surface area (Å²) in [7, 11) is 0. The highest BCUT2D eigenvalue weighted by atomic mass is 79.9. The SMILES string of the molecule is O=C(Cc1ccc(F)c(Br)c1)c1cc2c(s1)CCC2. The normalized spacial score (nSPS) is 13.6. The van der Waals surface area contributed by atoms with Crippen LogP contribution < -0.4 is 0 Å². The summed E-state index contributed by atoms with van der Waals surface area (Å²) in [5, 5.41) is 0. The highest BCUT2D eigenvalue weighted by molar-refractivity contribution is 9.10. The maximum absolute atomic E-state index is 13.1. The van der Waals surface area contributed by atoms with E-state index in [1.165, 1.54) is 22.9 Å². The number of rotatable bonds is 3. The molecule has 2 aromatic rings. The van der Waals surface area contributed by atoms with Crippen LogP contribution in [0.5, 0.6) is 0 Å². The van der Waals surface area contributed by atoms with Gasteiger partial charge in [0.05, 0.1) is 9.35 Å². The molecule has 0 radical (unpaired) electrons. The van der Waals surface area contributed by atoms with Crippen molar-refractivity contribution in [2.24, 2.45) is 0 Å². The maximum Gasteiger partial charge on any atom is 0.177 e. The summed E-state index contributed by atoms with van der Waals surface area (Å²) in [6, 6.07) is 6.77. The largest absolute Gasteiger partial charge is 0.293 e. The zero-order valence-electron chi connectivity index (χ0n) is 10.2. The van der Waals surface area contributed by atoms with Gasteiger partial charge in [-0.2, -0.15) is 0 Å². The Hall–Kier alpha value is -1.00. The molecule has 0 N–H and O–H groups in total. The summed E-state index contributed by atoms with van der Waals surface area (Å²) in [6.45, 7) is 0. The van der Waals surface area contributed by atoms with E-state index in [0.717, 1.165) is 23.3 Å². The second kappa shape index (κ2) is 5.17. The highest BCUT2D eigenvalue weighted by Crippen LogP contribution is 2.31. The molecule has 0 fully saturated rings. The lowest BCUT2D eigenvalue weighted by atomic mass is 10.1. The molecule has 0 aliphatic heterocycles. The van der Waals surface area contributed by atoms with Crippen LogP contribution in [0.2, 0.25) is 0 Å². The Morgan fingerprint density at radius 3 is 2.89 bits per heavy atom. The number of carbonyl (C=O) groups excluding carboxylic acids is 1. The molecule has 0 spiro atoms. The quantitative estimate of drug-likeness (QED) is 0.749. The number of halogens is 2. The average Bonchev–Trinajstić information content (AvgIpc) is 2.94. The molecule has 1 nitrogen and oxygen atoms in total. The van der Waals surface area contributed by atoms with Crippen LogP contribution in [-0.2, 0) is 19.3 Å². The maximum atomic E-state index is 13.1. The fourth-order valence-corrected chi connectivity index (χ4v) is 4.01. The van der Waals surface area contributed by atoms with Crippen LogP contribution in [0.15, 0.2) is 28.7 Å². The summed E-state index contributed by atoms with van der Waals surface area (Å²) in [5.74, 6) is -0.177.